The van der Waals surface area contributed by atoms with Gasteiger partial charge in [-0.15, -0.1) is 11.3 Å². The van der Waals surface area contributed by atoms with Crippen LogP contribution in [0.25, 0.3) is 0 Å². The first-order valence-electron chi connectivity index (χ1n) is 8.63. The van der Waals surface area contributed by atoms with Crippen LogP contribution in [0.3, 0.4) is 0 Å². The summed E-state index contributed by atoms with van der Waals surface area (Å²) in [5.74, 6) is -4.37. The van der Waals surface area contributed by atoms with E-state index in [9.17, 15) is 23.2 Å². The lowest BCUT2D eigenvalue weighted by molar-refractivity contribution is -0.119. The lowest BCUT2D eigenvalue weighted by Crippen LogP contribution is -2.23. The first-order valence-corrected chi connectivity index (χ1v) is 9.45. The standard InChI is InChI=1S/C19H18F2N2O4S/c1-9-5-6-10-13(7-9)28-18(15(10)17(22)25)23-14(24)8-27-19(26)16-11(20)3-2-4-12(16)21/h2-4,9H,5-8H2,1H3,(H2,22,25)(H,23,24)/t9-/m0/s1. The highest BCUT2D eigenvalue weighted by atomic mass is 32.1. The smallest absolute Gasteiger partial charge is 0.344 e. The van der Waals surface area contributed by atoms with E-state index in [0.29, 0.717) is 17.3 Å². The molecule has 3 N–H and O–H groups in total. The van der Waals surface area contributed by atoms with Gasteiger partial charge in [0, 0.05) is 4.88 Å². The van der Waals surface area contributed by atoms with Crippen molar-refractivity contribution in [3.63, 3.8) is 0 Å². The topological polar surface area (TPSA) is 98.5 Å². The Morgan fingerprint density at radius 1 is 1.25 bits per heavy atom. The van der Waals surface area contributed by atoms with Crippen LogP contribution in [0.1, 0.15) is 44.5 Å². The number of anilines is 1. The molecule has 9 heteroatoms. The minimum Gasteiger partial charge on any atom is -0.452 e. The number of carbonyl (C=O) groups is 3. The molecule has 28 heavy (non-hydrogen) atoms. The molecule has 0 bridgehead atoms. The number of primary amides is 1. The Kier molecular flexibility index (Phi) is 5.73. The molecule has 1 aliphatic rings. The van der Waals surface area contributed by atoms with Crippen molar-refractivity contribution in [3.05, 3.63) is 51.4 Å². The number of nitrogens with one attached hydrogen (secondary N) is 1. The molecule has 0 radical (unpaired) electrons. The first-order chi connectivity index (χ1) is 13.3. The number of fused-ring (bicyclic) bond motifs is 1. The summed E-state index contributed by atoms with van der Waals surface area (Å²) in [7, 11) is 0. The maximum atomic E-state index is 13.6. The fraction of sp³-hybridized carbons (Fsp3) is 0.316. The van der Waals surface area contributed by atoms with Gasteiger partial charge in [-0.05, 0) is 42.9 Å². The number of rotatable bonds is 5. The van der Waals surface area contributed by atoms with E-state index in [1.807, 2.05) is 0 Å². The van der Waals surface area contributed by atoms with Gasteiger partial charge < -0.3 is 15.8 Å². The van der Waals surface area contributed by atoms with E-state index >= 15 is 0 Å². The normalized spacial score (nSPS) is 15.6. The summed E-state index contributed by atoms with van der Waals surface area (Å²) in [5.41, 5.74) is 5.72. The lowest BCUT2D eigenvalue weighted by atomic mass is 9.88. The van der Waals surface area contributed by atoms with Crippen molar-refractivity contribution in [2.75, 3.05) is 11.9 Å². The summed E-state index contributed by atoms with van der Waals surface area (Å²) in [6.45, 7) is 1.34. The quantitative estimate of drug-likeness (QED) is 0.743. The molecule has 3 rings (SSSR count). The highest BCUT2D eigenvalue weighted by molar-refractivity contribution is 7.17. The van der Waals surface area contributed by atoms with Crippen LogP contribution in [0.2, 0.25) is 0 Å². The van der Waals surface area contributed by atoms with E-state index < -0.39 is 41.6 Å². The molecule has 6 nitrogen and oxygen atoms in total. The molecule has 0 unspecified atom stereocenters. The van der Waals surface area contributed by atoms with Crippen LogP contribution in [0.15, 0.2) is 18.2 Å². The van der Waals surface area contributed by atoms with Crippen LogP contribution in [-0.2, 0) is 22.4 Å². The number of halogens is 2. The molecule has 1 aliphatic carbocycles. The zero-order valence-electron chi connectivity index (χ0n) is 15.0. The number of esters is 1. The van der Waals surface area contributed by atoms with E-state index in [2.05, 4.69) is 12.2 Å². The van der Waals surface area contributed by atoms with Crippen LogP contribution in [0, 0.1) is 17.6 Å². The van der Waals surface area contributed by atoms with Gasteiger partial charge in [0.2, 0.25) is 0 Å². The Hall–Kier alpha value is -2.81. The van der Waals surface area contributed by atoms with Crippen molar-refractivity contribution in [3.8, 4) is 0 Å². The minimum atomic E-state index is -1.29. The predicted molar refractivity (Wildman–Crippen MR) is 99.3 cm³/mol. The fourth-order valence-corrected chi connectivity index (χ4v) is 4.59. The molecule has 148 valence electrons. The molecule has 0 saturated heterocycles. The summed E-state index contributed by atoms with van der Waals surface area (Å²) in [5, 5.41) is 2.81. The van der Waals surface area contributed by atoms with Gasteiger partial charge in [-0.1, -0.05) is 13.0 Å². The number of benzene rings is 1. The largest absolute Gasteiger partial charge is 0.452 e. The number of hydrogen-bond donors (Lipinski definition) is 2. The van der Waals surface area contributed by atoms with Crippen LogP contribution < -0.4 is 11.1 Å². The maximum absolute atomic E-state index is 13.6. The predicted octanol–water partition coefficient (Wildman–Crippen LogP) is 3.05. The highest BCUT2D eigenvalue weighted by Gasteiger charge is 2.27. The van der Waals surface area contributed by atoms with Crippen LogP contribution in [0.5, 0.6) is 0 Å². The molecule has 1 heterocycles. The number of carbonyl (C=O) groups excluding carboxylic acids is 3. The van der Waals surface area contributed by atoms with Gasteiger partial charge in [0.15, 0.2) is 6.61 Å². The molecule has 2 amide bonds. The summed E-state index contributed by atoms with van der Waals surface area (Å²) in [6, 6.07) is 2.94. The first kappa shape index (κ1) is 19.9. The monoisotopic (exact) mass is 408 g/mol. The van der Waals surface area contributed by atoms with Crippen LogP contribution in [0.4, 0.5) is 13.8 Å². The average molecular weight is 408 g/mol. The van der Waals surface area contributed by atoms with Gasteiger partial charge in [0.05, 0.1) is 5.56 Å². The van der Waals surface area contributed by atoms with E-state index in [1.54, 1.807) is 0 Å². The molecule has 1 aromatic heterocycles. The third-order valence-corrected chi connectivity index (χ3v) is 5.68. The molecule has 2 aromatic rings. The van der Waals surface area contributed by atoms with Gasteiger partial charge >= 0.3 is 5.97 Å². The Bertz CT molecular complexity index is 937. The number of thiophene rings is 1. The third kappa shape index (κ3) is 4.04. The lowest BCUT2D eigenvalue weighted by Gasteiger charge is -2.18. The van der Waals surface area contributed by atoms with Crippen molar-refractivity contribution >= 4 is 34.1 Å². The molecule has 0 spiro atoms. The fourth-order valence-electron chi connectivity index (χ4n) is 3.16. The SMILES string of the molecule is C[C@H]1CCc2c(sc(NC(=O)COC(=O)c3c(F)cccc3F)c2C(N)=O)C1. The number of nitrogens with two attached hydrogens (primary N) is 1. The maximum Gasteiger partial charge on any atom is 0.344 e. The van der Waals surface area contributed by atoms with Gasteiger partial charge in [-0.2, -0.15) is 0 Å². The van der Waals surface area contributed by atoms with E-state index in [0.717, 1.165) is 41.5 Å². The second-order valence-corrected chi connectivity index (χ2v) is 7.75. The second kappa shape index (κ2) is 8.05. The number of amides is 2. The Morgan fingerprint density at radius 2 is 1.93 bits per heavy atom. The van der Waals surface area contributed by atoms with Crippen LogP contribution in [-0.4, -0.2) is 24.4 Å². The van der Waals surface area contributed by atoms with Gasteiger partial charge in [0.1, 0.15) is 22.2 Å². The second-order valence-electron chi connectivity index (χ2n) is 6.64. The van der Waals surface area contributed by atoms with E-state index in [-0.39, 0.29) is 5.56 Å². The Morgan fingerprint density at radius 3 is 2.57 bits per heavy atom. The Balaban J connectivity index is 1.70. The zero-order valence-corrected chi connectivity index (χ0v) is 15.8. The van der Waals surface area contributed by atoms with Crippen molar-refractivity contribution in [2.45, 2.75) is 26.2 Å². The summed E-state index contributed by atoms with van der Waals surface area (Å²) >= 11 is 1.26. The molecule has 0 fully saturated rings. The Labute approximate surface area is 163 Å². The van der Waals surface area contributed by atoms with Gasteiger partial charge in [0.25, 0.3) is 11.8 Å². The van der Waals surface area contributed by atoms with Gasteiger partial charge in [-0.25, -0.2) is 13.6 Å². The molecular weight excluding hydrogens is 390 g/mol. The highest BCUT2D eigenvalue weighted by Crippen LogP contribution is 2.39. The summed E-state index contributed by atoms with van der Waals surface area (Å²) in [6.07, 6.45) is 2.41. The van der Waals surface area contributed by atoms with Crippen molar-refractivity contribution in [2.24, 2.45) is 11.7 Å². The van der Waals surface area contributed by atoms with Crippen molar-refractivity contribution in [1.82, 2.24) is 0 Å². The minimum absolute atomic E-state index is 0.270. The third-order valence-electron chi connectivity index (χ3n) is 4.51. The number of ether oxygens (including phenoxy) is 1. The van der Waals surface area contributed by atoms with Crippen molar-refractivity contribution < 1.29 is 27.9 Å². The van der Waals surface area contributed by atoms with E-state index in [1.165, 1.54) is 11.3 Å². The summed E-state index contributed by atoms with van der Waals surface area (Å²) in [4.78, 5) is 36.9. The van der Waals surface area contributed by atoms with Gasteiger partial charge in [-0.3, -0.25) is 9.59 Å². The van der Waals surface area contributed by atoms with Crippen LogP contribution >= 0.6 is 11.3 Å². The average Bonchev–Trinajstić information content (AvgIpc) is 2.96. The molecule has 1 atom stereocenters. The summed E-state index contributed by atoms with van der Waals surface area (Å²) < 4.78 is 31.9. The number of hydrogen-bond acceptors (Lipinski definition) is 5. The molecule has 1 aromatic carbocycles. The van der Waals surface area contributed by atoms with Crippen molar-refractivity contribution in [1.29, 1.82) is 0 Å². The molecule has 0 saturated carbocycles. The molecular formula is C19H18F2N2O4S. The van der Waals surface area contributed by atoms with E-state index in [4.69, 9.17) is 10.5 Å². The molecule has 0 aliphatic heterocycles. The zero-order chi connectivity index (χ0) is 20.4.